The topological polar surface area (TPSA) is 38.5 Å². The smallest absolute Gasteiger partial charge is 0.142 e. The van der Waals surface area contributed by atoms with Gasteiger partial charge in [-0.15, -0.1) is 0 Å². The number of nitrogens with zero attached hydrogens (tertiary/aromatic N) is 1. The van der Waals surface area contributed by atoms with Crippen molar-refractivity contribution in [3.8, 4) is 5.75 Å². The maximum atomic E-state index is 6.28. The van der Waals surface area contributed by atoms with Crippen LogP contribution in [0.1, 0.15) is 18.1 Å². The summed E-state index contributed by atoms with van der Waals surface area (Å²) < 4.78 is 5.42. The van der Waals surface area contributed by atoms with Crippen LogP contribution in [-0.4, -0.2) is 26.7 Å². The summed E-state index contributed by atoms with van der Waals surface area (Å²) in [6, 6.07) is 2.06. The molecule has 17 heavy (non-hydrogen) atoms. The molecule has 96 valence electrons. The Morgan fingerprint density at radius 3 is 2.53 bits per heavy atom. The molecule has 1 aromatic carbocycles. The fourth-order valence-corrected chi connectivity index (χ4v) is 2.21. The number of rotatable bonds is 4. The monoisotopic (exact) mass is 256 g/mol. The molecule has 0 bridgehead atoms. The fourth-order valence-electron chi connectivity index (χ4n) is 2.07. The van der Waals surface area contributed by atoms with Gasteiger partial charge < -0.3 is 15.4 Å². The maximum Gasteiger partial charge on any atom is 0.142 e. The first-order valence-corrected chi connectivity index (χ1v) is 6.06. The molecule has 0 saturated heterocycles. The molecule has 3 nitrogen and oxygen atoms in total. The quantitative estimate of drug-likeness (QED) is 0.900. The first-order valence-electron chi connectivity index (χ1n) is 5.68. The number of methoxy groups -OCH3 is 1. The van der Waals surface area contributed by atoms with Crippen molar-refractivity contribution in [2.45, 2.75) is 26.8 Å². The normalized spacial score (nSPS) is 12.4. The number of hydrogen-bond donors (Lipinski definition) is 1. The Balaban J connectivity index is 3.25. The molecule has 0 fully saturated rings. The summed E-state index contributed by atoms with van der Waals surface area (Å²) in [5.41, 5.74) is 8.90. The van der Waals surface area contributed by atoms with E-state index in [1.165, 1.54) is 0 Å². The van der Waals surface area contributed by atoms with Crippen molar-refractivity contribution in [1.29, 1.82) is 0 Å². The lowest BCUT2D eigenvalue weighted by Crippen LogP contribution is -2.33. The minimum absolute atomic E-state index is 0.101. The third-order valence-corrected chi connectivity index (χ3v) is 3.36. The van der Waals surface area contributed by atoms with Gasteiger partial charge in [-0.25, -0.2) is 0 Å². The van der Waals surface area contributed by atoms with Gasteiger partial charge in [0.1, 0.15) is 5.75 Å². The van der Waals surface area contributed by atoms with E-state index in [4.69, 9.17) is 22.1 Å². The lowest BCUT2D eigenvalue weighted by atomic mass is 10.1. The minimum Gasteiger partial charge on any atom is -0.495 e. The van der Waals surface area contributed by atoms with E-state index in [1.54, 1.807) is 7.11 Å². The molecular formula is C13H21ClN2O. The van der Waals surface area contributed by atoms with Crippen molar-refractivity contribution >= 4 is 17.3 Å². The van der Waals surface area contributed by atoms with Gasteiger partial charge in [-0.3, -0.25) is 0 Å². The second kappa shape index (κ2) is 5.61. The summed E-state index contributed by atoms with van der Waals surface area (Å²) in [5.74, 6) is 0.840. The van der Waals surface area contributed by atoms with Gasteiger partial charge >= 0.3 is 0 Å². The van der Waals surface area contributed by atoms with Crippen molar-refractivity contribution < 1.29 is 4.74 Å². The summed E-state index contributed by atoms with van der Waals surface area (Å²) in [7, 11) is 3.67. The summed E-state index contributed by atoms with van der Waals surface area (Å²) in [6.07, 6.45) is 0. The molecule has 0 spiro atoms. The molecule has 0 aliphatic rings. The van der Waals surface area contributed by atoms with E-state index in [9.17, 15) is 0 Å². The number of nitrogens with two attached hydrogens (primary N) is 1. The lowest BCUT2D eigenvalue weighted by molar-refractivity contribution is 0.414. The second-order valence-electron chi connectivity index (χ2n) is 4.54. The molecule has 0 aliphatic carbocycles. The first-order chi connectivity index (χ1) is 7.88. The lowest BCUT2D eigenvalue weighted by Gasteiger charge is -2.26. The van der Waals surface area contributed by atoms with Crippen molar-refractivity contribution in [1.82, 2.24) is 0 Å². The van der Waals surface area contributed by atoms with Gasteiger partial charge in [-0.1, -0.05) is 11.6 Å². The molecule has 0 aliphatic heterocycles. The van der Waals surface area contributed by atoms with Gasteiger partial charge in [0, 0.05) is 24.7 Å². The highest BCUT2D eigenvalue weighted by molar-refractivity contribution is 6.32. The molecule has 1 aromatic rings. The van der Waals surface area contributed by atoms with E-state index in [-0.39, 0.29) is 6.04 Å². The number of halogens is 1. The summed E-state index contributed by atoms with van der Waals surface area (Å²) in [4.78, 5) is 2.09. The third kappa shape index (κ3) is 3.05. The van der Waals surface area contributed by atoms with Crippen LogP contribution in [0.5, 0.6) is 5.75 Å². The predicted octanol–water partition coefficient (Wildman–Crippen LogP) is 2.75. The van der Waals surface area contributed by atoms with Gasteiger partial charge in [0.2, 0.25) is 0 Å². The van der Waals surface area contributed by atoms with Gasteiger partial charge in [0.15, 0.2) is 0 Å². The van der Waals surface area contributed by atoms with Crippen LogP contribution in [0.15, 0.2) is 6.07 Å². The van der Waals surface area contributed by atoms with Gasteiger partial charge in [-0.05, 0) is 38.0 Å². The van der Waals surface area contributed by atoms with Crippen LogP contribution in [0.2, 0.25) is 5.02 Å². The zero-order chi connectivity index (χ0) is 13.2. The van der Waals surface area contributed by atoms with Crippen LogP contribution in [0.3, 0.4) is 0 Å². The number of benzene rings is 1. The molecule has 0 saturated carbocycles. The molecule has 4 heteroatoms. The summed E-state index contributed by atoms with van der Waals surface area (Å²) in [5, 5.41) is 0.789. The Labute approximate surface area is 109 Å². The standard InChI is InChI=1S/C13H21ClN2O/c1-8-6-11(17-5)13(10(3)12(8)14)16(4)7-9(2)15/h6,9H,7,15H2,1-5H3. The van der Waals surface area contributed by atoms with Gasteiger partial charge in [0.25, 0.3) is 0 Å². The Kier molecular flexibility index (Phi) is 4.66. The highest BCUT2D eigenvalue weighted by Gasteiger charge is 2.16. The van der Waals surface area contributed by atoms with E-state index in [0.717, 1.165) is 34.1 Å². The van der Waals surface area contributed by atoms with Gasteiger partial charge in [0.05, 0.1) is 12.8 Å². The molecular weight excluding hydrogens is 236 g/mol. The zero-order valence-corrected chi connectivity index (χ0v) is 11.9. The Morgan fingerprint density at radius 1 is 1.47 bits per heavy atom. The van der Waals surface area contributed by atoms with Crippen LogP contribution >= 0.6 is 11.6 Å². The van der Waals surface area contributed by atoms with Crippen LogP contribution in [0, 0.1) is 13.8 Å². The molecule has 0 amide bonds. The van der Waals surface area contributed by atoms with Crippen LogP contribution in [-0.2, 0) is 0 Å². The highest BCUT2D eigenvalue weighted by atomic mass is 35.5. The maximum absolute atomic E-state index is 6.28. The Hall–Kier alpha value is -0.930. The van der Waals surface area contributed by atoms with Crippen LogP contribution in [0.25, 0.3) is 0 Å². The summed E-state index contributed by atoms with van der Waals surface area (Å²) in [6.45, 7) is 6.72. The SMILES string of the molecule is COc1cc(C)c(Cl)c(C)c1N(C)CC(C)N. The number of ether oxygens (including phenoxy) is 1. The number of aryl methyl sites for hydroxylation is 1. The van der Waals surface area contributed by atoms with Crippen molar-refractivity contribution in [3.05, 3.63) is 22.2 Å². The molecule has 1 unspecified atom stereocenters. The number of likely N-dealkylation sites (N-methyl/N-ethyl adjacent to an activating group) is 1. The molecule has 0 radical (unpaired) electrons. The largest absolute Gasteiger partial charge is 0.495 e. The molecule has 2 N–H and O–H groups in total. The zero-order valence-electron chi connectivity index (χ0n) is 11.2. The van der Waals surface area contributed by atoms with Gasteiger partial charge in [-0.2, -0.15) is 0 Å². The Morgan fingerprint density at radius 2 is 2.06 bits per heavy atom. The van der Waals surface area contributed by atoms with Crippen LogP contribution in [0.4, 0.5) is 5.69 Å². The van der Waals surface area contributed by atoms with Crippen molar-refractivity contribution in [2.75, 3.05) is 25.6 Å². The second-order valence-corrected chi connectivity index (χ2v) is 4.92. The first kappa shape index (κ1) is 14.1. The minimum atomic E-state index is 0.101. The van der Waals surface area contributed by atoms with E-state index in [1.807, 2.05) is 33.9 Å². The van der Waals surface area contributed by atoms with E-state index >= 15 is 0 Å². The number of hydrogen-bond acceptors (Lipinski definition) is 3. The molecule has 1 rings (SSSR count). The van der Waals surface area contributed by atoms with Crippen molar-refractivity contribution in [3.63, 3.8) is 0 Å². The number of anilines is 1. The highest BCUT2D eigenvalue weighted by Crippen LogP contribution is 2.37. The summed E-state index contributed by atoms with van der Waals surface area (Å²) >= 11 is 6.28. The van der Waals surface area contributed by atoms with Crippen molar-refractivity contribution in [2.24, 2.45) is 5.73 Å². The van der Waals surface area contributed by atoms with E-state index in [2.05, 4.69) is 4.90 Å². The molecule has 0 heterocycles. The fraction of sp³-hybridized carbons (Fsp3) is 0.538. The average molecular weight is 257 g/mol. The van der Waals surface area contributed by atoms with E-state index in [0.29, 0.717) is 0 Å². The Bertz CT molecular complexity index is 405. The third-order valence-electron chi connectivity index (χ3n) is 2.78. The van der Waals surface area contributed by atoms with E-state index < -0.39 is 0 Å². The molecule has 1 atom stereocenters. The predicted molar refractivity (Wildman–Crippen MR) is 74.4 cm³/mol. The molecule has 0 aromatic heterocycles. The average Bonchev–Trinajstić information content (AvgIpc) is 2.23. The van der Waals surface area contributed by atoms with Crippen LogP contribution < -0.4 is 15.4 Å².